The van der Waals surface area contributed by atoms with E-state index in [0.717, 1.165) is 18.9 Å². The molecule has 0 heterocycles. The Hall–Kier alpha value is -0.830. The first-order chi connectivity index (χ1) is 10.8. The van der Waals surface area contributed by atoms with Gasteiger partial charge in [0.15, 0.2) is 5.96 Å². The van der Waals surface area contributed by atoms with Gasteiger partial charge in [0.1, 0.15) is 9.84 Å². The minimum Gasteiger partial charge on any atom is -0.357 e. The van der Waals surface area contributed by atoms with Crippen molar-refractivity contribution in [1.29, 1.82) is 0 Å². The number of sulfone groups is 1. The van der Waals surface area contributed by atoms with Gasteiger partial charge >= 0.3 is 0 Å². The van der Waals surface area contributed by atoms with E-state index in [-0.39, 0.29) is 35.8 Å². The van der Waals surface area contributed by atoms with E-state index >= 15 is 0 Å². The quantitative estimate of drug-likeness (QED) is 0.350. The lowest BCUT2D eigenvalue weighted by Crippen LogP contribution is -2.43. The first-order valence-corrected chi connectivity index (χ1v) is 10.1. The molecule has 0 aliphatic heterocycles. The molecule has 1 aromatic rings. The van der Waals surface area contributed by atoms with Crippen LogP contribution in [0.5, 0.6) is 0 Å². The Balaban J connectivity index is 0.00000529. The van der Waals surface area contributed by atoms with Crippen molar-refractivity contribution in [3.63, 3.8) is 0 Å². The SMILES string of the molecule is CCNC(=NCCc1cccc(C)c1)NC(C)CCS(C)(=O)=O.I. The second-order valence-electron chi connectivity index (χ2n) is 5.96. The number of aliphatic imine (C=N–C) groups is 1. The van der Waals surface area contributed by atoms with E-state index in [4.69, 9.17) is 0 Å². The molecule has 0 spiro atoms. The molecular formula is C17H30IN3O2S. The zero-order valence-electron chi connectivity index (χ0n) is 15.0. The van der Waals surface area contributed by atoms with E-state index in [0.29, 0.717) is 13.0 Å². The van der Waals surface area contributed by atoms with E-state index in [1.54, 1.807) is 0 Å². The van der Waals surface area contributed by atoms with Gasteiger partial charge in [0.25, 0.3) is 0 Å². The van der Waals surface area contributed by atoms with Crippen LogP contribution in [-0.2, 0) is 16.3 Å². The molecule has 1 unspecified atom stereocenters. The normalized spacial score (nSPS) is 13.1. The van der Waals surface area contributed by atoms with Gasteiger partial charge in [0.05, 0.1) is 5.75 Å². The predicted molar refractivity (Wildman–Crippen MR) is 113 cm³/mol. The van der Waals surface area contributed by atoms with Crippen LogP contribution >= 0.6 is 24.0 Å². The fraction of sp³-hybridized carbons (Fsp3) is 0.588. The van der Waals surface area contributed by atoms with Crippen molar-refractivity contribution >= 4 is 39.8 Å². The van der Waals surface area contributed by atoms with E-state index in [2.05, 4.69) is 46.8 Å². The third-order valence-electron chi connectivity index (χ3n) is 3.40. The molecule has 0 aromatic heterocycles. The highest BCUT2D eigenvalue weighted by molar-refractivity contribution is 14.0. The van der Waals surface area contributed by atoms with Crippen LogP contribution in [-0.4, -0.2) is 45.5 Å². The van der Waals surface area contributed by atoms with Crippen LogP contribution in [0, 0.1) is 6.92 Å². The number of halogens is 1. The van der Waals surface area contributed by atoms with E-state index in [1.165, 1.54) is 17.4 Å². The van der Waals surface area contributed by atoms with Gasteiger partial charge in [-0.3, -0.25) is 4.99 Å². The summed E-state index contributed by atoms with van der Waals surface area (Å²) in [6, 6.07) is 8.48. The Morgan fingerprint density at radius 3 is 2.62 bits per heavy atom. The number of benzene rings is 1. The average Bonchev–Trinajstić information content (AvgIpc) is 2.45. The summed E-state index contributed by atoms with van der Waals surface area (Å²) in [6.07, 6.45) is 2.72. The summed E-state index contributed by atoms with van der Waals surface area (Å²) >= 11 is 0. The lowest BCUT2D eigenvalue weighted by atomic mass is 10.1. The topological polar surface area (TPSA) is 70.6 Å². The summed E-state index contributed by atoms with van der Waals surface area (Å²) in [5.41, 5.74) is 2.53. The van der Waals surface area contributed by atoms with Gasteiger partial charge in [-0.1, -0.05) is 29.8 Å². The Bertz CT molecular complexity index is 618. The maximum absolute atomic E-state index is 11.2. The van der Waals surface area contributed by atoms with E-state index in [9.17, 15) is 8.42 Å². The lowest BCUT2D eigenvalue weighted by molar-refractivity contribution is 0.581. The van der Waals surface area contributed by atoms with Crippen molar-refractivity contribution < 1.29 is 8.42 Å². The van der Waals surface area contributed by atoms with Gasteiger partial charge in [-0.2, -0.15) is 0 Å². The molecule has 138 valence electrons. The van der Waals surface area contributed by atoms with Gasteiger partial charge in [-0.15, -0.1) is 24.0 Å². The zero-order valence-corrected chi connectivity index (χ0v) is 18.1. The monoisotopic (exact) mass is 467 g/mol. The van der Waals surface area contributed by atoms with Crippen LogP contribution in [0.4, 0.5) is 0 Å². The fourth-order valence-corrected chi connectivity index (χ4v) is 2.96. The summed E-state index contributed by atoms with van der Waals surface area (Å²) in [6.45, 7) is 7.53. The lowest BCUT2D eigenvalue weighted by Gasteiger charge is -2.17. The van der Waals surface area contributed by atoms with Crippen LogP contribution in [0.2, 0.25) is 0 Å². The Kier molecular flexibility index (Phi) is 11.3. The molecule has 24 heavy (non-hydrogen) atoms. The number of guanidine groups is 1. The van der Waals surface area contributed by atoms with Crippen molar-refractivity contribution in [3.8, 4) is 0 Å². The van der Waals surface area contributed by atoms with Gasteiger partial charge in [-0.05, 0) is 39.2 Å². The number of aryl methyl sites for hydroxylation is 1. The Morgan fingerprint density at radius 2 is 2.04 bits per heavy atom. The maximum atomic E-state index is 11.2. The van der Waals surface area contributed by atoms with Crippen molar-refractivity contribution in [2.75, 3.05) is 25.1 Å². The molecule has 0 bridgehead atoms. The molecule has 0 saturated heterocycles. The molecule has 0 aliphatic rings. The molecule has 5 nitrogen and oxygen atoms in total. The number of hydrogen-bond donors (Lipinski definition) is 2. The van der Waals surface area contributed by atoms with Crippen LogP contribution < -0.4 is 10.6 Å². The minimum atomic E-state index is -2.92. The van der Waals surface area contributed by atoms with Crippen LogP contribution in [0.1, 0.15) is 31.4 Å². The predicted octanol–water partition coefficient (Wildman–Crippen LogP) is 2.53. The number of rotatable bonds is 8. The van der Waals surface area contributed by atoms with Crippen LogP contribution in [0.3, 0.4) is 0 Å². The largest absolute Gasteiger partial charge is 0.357 e. The van der Waals surface area contributed by atoms with Gasteiger partial charge in [0.2, 0.25) is 0 Å². The standard InChI is InChI=1S/C17H29N3O2S.HI/c1-5-18-17(20-15(3)10-12-23(4,21)22)19-11-9-16-8-6-7-14(2)13-16;/h6-8,13,15H,5,9-12H2,1-4H3,(H2,18,19,20);1H. The van der Waals surface area contributed by atoms with E-state index in [1.807, 2.05) is 13.8 Å². The highest BCUT2D eigenvalue weighted by Crippen LogP contribution is 2.04. The number of hydrogen-bond acceptors (Lipinski definition) is 3. The Morgan fingerprint density at radius 1 is 1.33 bits per heavy atom. The first kappa shape index (κ1) is 23.2. The van der Waals surface area contributed by atoms with E-state index < -0.39 is 9.84 Å². The van der Waals surface area contributed by atoms with Crippen molar-refractivity contribution in [3.05, 3.63) is 35.4 Å². The highest BCUT2D eigenvalue weighted by atomic mass is 127. The van der Waals surface area contributed by atoms with Gasteiger partial charge in [0, 0.05) is 25.4 Å². The van der Waals surface area contributed by atoms with Crippen molar-refractivity contribution in [2.45, 2.75) is 39.7 Å². The molecule has 1 rings (SSSR count). The summed E-state index contributed by atoms with van der Waals surface area (Å²) in [5, 5.41) is 6.46. The summed E-state index contributed by atoms with van der Waals surface area (Å²) in [5.74, 6) is 0.922. The Labute approximate surface area is 163 Å². The zero-order chi connectivity index (χ0) is 17.3. The summed E-state index contributed by atoms with van der Waals surface area (Å²) in [7, 11) is -2.92. The maximum Gasteiger partial charge on any atom is 0.191 e. The third kappa shape index (κ3) is 10.9. The molecule has 0 radical (unpaired) electrons. The molecule has 0 aliphatic carbocycles. The molecule has 0 saturated carbocycles. The minimum absolute atomic E-state index is 0. The fourth-order valence-electron chi connectivity index (χ4n) is 2.18. The number of nitrogens with zero attached hydrogens (tertiary/aromatic N) is 1. The molecular weight excluding hydrogens is 437 g/mol. The first-order valence-electron chi connectivity index (χ1n) is 8.08. The van der Waals surface area contributed by atoms with Crippen molar-refractivity contribution in [2.24, 2.45) is 4.99 Å². The van der Waals surface area contributed by atoms with Crippen molar-refractivity contribution in [1.82, 2.24) is 10.6 Å². The van der Waals surface area contributed by atoms with Crippen LogP contribution in [0.25, 0.3) is 0 Å². The number of nitrogens with one attached hydrogen (secondary N) is 2. The molecule has 0 fully saturated rings. The summed E-state index contributed by atoms with van der Waals surface area (Å²) < 4.78 is 22.5. The third-order valence-corrected chi connectivity index (χ3v) is 4.38. The molecule has 7 heteroatoms. The smallest absolute Gasteiger partial charge is 0.191 e. The summed E-state index contributed by atoms with van der Waals surface area (Å²) in [4.78, 5) is 4.57. The second-order valence-corrected chi connectivity index (χ2v) is 8.22. The highest BCUT2D eigenvalue weighted by Gasteiger charge is 2.09. The molecule has 1 aromatic carbocycles. The molecule has 2 N–H and O–H groups in total. The van der Waals surface area contributed by atoms with Gasteiger partial charge < -0.3 is 10.6 Å². The molecule has 0 amide bonds. The molecule has 1 atom stereocenters. The van der Waals surface area contributed by atoms with Crippen LogP contribution in [0.15, 0.2) is 29.3 Å². The second kappa shape index (κ2) is 11.7. The van der Waals surface area contributed by atoms with Gasteiger partial charge in [-0.25, -0.2) is 8.42 Å². The average molecular weight is 467 g/mol.